The van der Waals surface area contributed by atoms with Crippen molar-refractivity contribution in [2.24, 2.45) is 5.92 Å². The van der Waals surface area contributed by atoms with Crippen molar-refractivity contribution in [2.75, 3.05) is 6.61 Å². The van der Waals surface area contributed by atoms with E-state index in [1.54, 1.807) is 0 Å². The Morgan fingerprint density at radius 3 is 2.43 bits per heavy atom. The average molecular weight is 314 g/mol. The van der Waals surface area contributed by atoms with E-state index in [0.29, 0.717) is 13.0 Å². The molecule has 2 rings (SSSR count). The Balaban J connectivity index is 1.38. The van der Waals surface area contributed by atoms with Crippen LogP contribution in [0.3, 0.4) is 0 Å². The lowest BCUT2D eigenvalue weighted by Gasteiger charge is -2.03. The van der Waals surface area contributed by atoms with Gasteiger partial charge >= 0.3 is 5.97 Å². The van der Waals surface area contributed by atoms with Crippen LogP contribution in [0.1, 0.15) is 69.8 Å². The Labute approximate surface area is 140 Å². The molecule has 0 N–H and O–H groups in total. The Morgan fingerprint density at radius 2 is 1.70 bits per heavy atom. The van der Waals surface area contributed by atoms with Crippen molar-refractivity contribution in [3.63, 3.8) is 0 Å². The van der Waals surface area contributed by atoms with Crippen LogP contribution in [0.2, 0.25) is 0 Å². The van der Waals surface area contributed by atoms with Crippen LogP contribution in [-0.4, -0.2) is 12.6 Å². The minimum Gasteiger partial charge on any atom is -0.461 e. The van der Waals surface area contributed by atoms with Crippen LogP contribution in [0, 0.1) is 5.92 Å². The number of hydrogen-bond acceptors (Lipinski definition) is 2. The number of rotatable bonds is 12. The van der Waals surface area contributed by atoms with E-state index in [1.807, 2.05) is 42.5 Å². The first-order chi connectivity index (χ1) is 11.3. The zero-order valence-corrected chi connectivity index (χ0v) is 14.2. The lowest BCUT2D eigenvalue weighted by Crippen LogP contribution is -2.03. The molecule has 0 saturated heterocycles. The molecule has 1 aliphatic carbocycles. The molecule has 2 nitrogen and oxygen atoms in total. The lowest BCUT2D eigenvalue weighted by atomic mass is 10.1. The molecule has 1 aliphatic rings. The van der Waals surface area contributed by atoms with Gasteiger partial charge in [0.15, 0.2) is 0 Å². The quantitative estimate of drug-likeness (QED) is 0.361. The molecule has 23 heavy (non-hydrogen) atoms. The van der Waals surface area contributed by atoms with Crippen molar-refractivity contribution in [2.45, 2.75) is 64.2 Å². The van der Waals surface area contributed by atoms with Gasteiger partial charge in [0.2, 0.25) is 0 Å². The Morgan fingerprint density at radius 1 is 1.00 bits per heavy atom. The molecule has 0 amide bonds. The van der Waals surface area contributed by atoms with Crippen LogP contribution in [0.5, 0.6) is 0 Å². The van der Waals surface area contributed by atoms with Gasteiger partial charge in [0.1, 0.15) is 6.61 Å². The van der Waals surface area contributed by atoms with Crippen molar-refractivity contribution >= 4 is 12.0 Å². The second-order valence-electron chi connectivity index (χ2n) is 6.60. The lowest BCUT2D eigenvalue weighted by molar-refractivity contribution is -0.142. The van der Waals surface area contributed by atoms with Gasteiger partial charge in [0.25, 0.3) is 0 Å². The number of carbonyl (C=O) groups is 1. The molecule has 1 saturated carbocycles. The minimum absolute atomic E-state index is 0.0727. The molecule has 0 atom stereocenters. The zero-order chi connectivity index (χ0) is 16.2. The summed E-state index contributed by atoms with van der Waals surface area (Å²) >= 11 is 0. The van der Waals surface area contributed by atoms with Crippen molar-refractivity contribution in [3.05, 3.63) is 42.0 Å². The fraction of sp³-hybridized carbons (Fsp3) is 0.571. The van der Waals surface area contributed by atoms with Gasteiger partial charge in [-0.2, -0.15) is 0 Å². The summed E-state index contributed by atoms with van der Waals surface area (Å²) in [4.78, 5) is 11.6. The Hall–Kier alpha value is -1.57. The molecule has 0 spiro atoms. The molecule has 1 fully saturated rings. The van der Waals surface area contributed by atoms with E-state index in [9.17, 15) is 4.79 Å². The highest BCUT2D eigenvalue weighted by Gasteiger charge is 2.19. The van der Waals surface area contributed by atoms with E-state index in [2.05, 4.69) is 0 Å². The number of carbonyl (C=O) groups excluding carboxylic acids is 1. The number of esters is 1. The highest BCUT2D eigenvalue weighted by atomic mass is 16.5. The van der Waals surface area contributed by atoms with E-state index in [0.717, 1.165) is 24.3 Å². The number of unbranched alkanes of at least 4 members (excludes halogenated alkanes) is 5. The summed E-state index contributed by atoms with van der Waals surface area (Å²) < 4.78 is 5.22. The summed E-state index contributed by atoms with van der Waals surface area (Å²) in [6.07, 6.45) is 16.3. The Kier molecular flexibility index (Phi) is 8.53. The molecule has 0 heterocycles. The van der Waals surface area contributed by atoms with Crippen molar-refractivity contribution in [1.29, 1.82) is 0 Å². The fourth-order valence-corrected chi connectivity index (χ4v) is 2.78. The number of ether oxygens (including phenoxy) is 1. The molecule has 2 heteroatoms. The molecule has 0 aliphatic heterocycles. The first kappa shape index (κ1) is 17.8. The van der Waals surface area contributed by atoms with Gasteiger partial charge < -0.3 is 4.74 Å². The van der Waals surface area contributed by atoms with Gasteiger partial charge in [0, 0.05) is 6.42 Å². The third-order valence-electron chi connectivity index (χ3n) is 4.39. The standard InChI is InChI=1S/C21H30O2/c22-21(23-18-10-14-19-11-7-5-8-12-19)15-9-4-2-1-3-6-13-20-16-17-20/h5,7-8,10-12,14,20H,1-4,6,9,13,15-18H2/b14-10+. The number of hydrogen-bond donors (Lipinski definition) is 0. The van der Waals surface area contributed by atoms with E-state index in [4.69, 9.17) is 4.74 Å². The molecular weight excluding hydrogens is 284 g/mol. The molecule has 0 bridgehead atoms. The van der Waals surface area contributed by atoms with Crippen LogP contribution < -0.4 is 0 Å². The monoisotopic (exact) mass is 314 g/mol. The van der Waals surface area contributed by atoms with E-state index >= 15 is 0 Å². The van der Waals surface area contributed by atoms with Crippen LogP contribution in [0.25, 0.3) is 6.08 Å². The van der Waals surface area contributed by atoms with E-state index < -0.39 is 0 Å². The van der Waals surface area contributed by atoms with Gasteiger partial charge in [-0.25, -0.2) is 0 Å². The molecule has 0 aromatic heterocycles. The summed E-state index contributed by atoms with van der Waals surface area (Å²) in [5, 5.41) is 0. The fourth-order valence-electron chi connectivity index (χ4n) is 2.78. The van der Waals surface area contributed by atoms with Gasteiger partial charge in [-0.05, 0) is 24.0 Å². The normalized spacial score (nSPS) is 14.3. The Bertz CT molecular complexity index is 460. The highest BCUT2D eigenvalue weighted by molar-refractivity contribution is 5.69. The van der Waals surface area contributed by atoms with Gasteiger partial charge in [0.05, 0.1) is 0 Å². The van der Waals surface area contributed by atoms with Crippen LogP contribution in [0.4, 0.5) is 0 Å². The number of benzene rings is 1. The summed E-state index contributed by atoms with van der Waals surface area (Å²) in [6, 6.07) is 10.0. The summed E-state index contributed by atoms with van der Waals surface area (Å²) in [6.45, 7) is 0.370. The predicted octanol–water partition coefficient (Wildman–Crippen LogP) is 5.77. The minimum atomic E-state index is -0.0727. The highest BCUT2D eigenvalue weighted by Crippen LogP contribution is 2.34. The maximum atomic E-state index is 11.6. The predicted molar refractivity (Wildman–Crippen MR) is 96.1 cm³/mol. The largest absolute Gasteiger partial charge is 0.461 e. The average Bonchev–Trinajstić information content (AvgIpc) is 3.39. The van der Waals surface area contributed by atoms with Crippen LogP contribution in [-0.2, 0) is 9.53 Å². The SMILES string of the molecule is O=C(CCCCCCCCC1CC1)OC/C=C/c1ccccc1. The van der Waals surface area contributed by atoms with Crippen LogP contribution in [0.15, 0.2) is 36.4 Å². The van der Waals surface area contributed by atoms with E-state index in [-0.39, 0.29) is 5.97 Å². The maximum Gasteiger partial charge on any atom is 0.306 e. The molecule has 1 aromatic carbocycles. The van der Waals surface area contributed by atoms with Crippen molar-refractivity contribution < 1.29 is 9.53 Å². The second kappa shape index (κ2) is 11.0. The third-order valence-corrected chi connectivity index (χ3v) is 4.39. The van der Waals surface area contributed by atoms with Gasteiger partial charge in [-0.3, -0.25) is 4.79 Å². The summed E-state index contributed by atoms with van der Waals surface area (Å²) in [7, 11) is 0. The third kappa shape index (κ3) is 9.22. The molecular formula is C21H30O2. The first-order valence-corrected chi connectivity index (χ1v) is 9.22. The van der Waals surface area contributed by atoms with E-state index in [1.165, 1.54) is 44.9 Å². The smallest absolute Gasteiger partial charge is 0.306 e. The molecule has 1 aromatic rings. The molecule has 0 unspecified atom stereocenters. The molecule has 0 radical (unpaired) electrons. The van der Waals surface area contributed by atoms with Crippen molar-refractivity contribution in [1.82, 2.24) is 0 Å². The van der Waals surface area contributed by atoms with Gasteiger partial charge in [-0.1, -0.05) is 87.8 Å². The topological polar surface area (TPSA) is 26.3 Å². The van der Waals surface area contributed by atoms with Crippen molar-refractivity contribution in [3.8, 4) is 0 Å². The van der Waals surface area contributed by atoms with Crippen LogP contribution >= 0.6 is 0 Å². The zero-order valence-electron chi connectivity index (χ0n) is 14.2. The maximum absolute atomic E-state index is 11.6. The molecule has 126 valence electrons. The summed E-state index contributed by atoms with van der Waals surface area (Å²) in [5.74, 6) is 0.997. The summed E-state index contributed by atoms with van der Waals surface area (Å²) in [5.41, 5.74) is 1.13. The van der Waals surface area contributed by atoms with Gasteiger partial charge in [-0.15, -0.1) is 0 Å². The second-order valence-corrected chi connectivity index (χ2v) is 6.60. The first-order valence-electron chi connectivity index (χ1n) is 9.22.